The van der Waals surface area contributed by atoms with Gasteiger partial charge in [0.05, 0.1) is 20.1 Å². The lowest BCUT2D eigenvalue weighted by molar-refractivity contribution is -0.120. The Morgan fingerprint density at radius 1 is 1.03 bits per heavy atom. The topological polar surface area (TPSA) is 69.0 Å². The number of amides is 1. The van der Waals surface area contributed by atoms with Gasteiger partial charge in [-0.05, 0) is 48.0 Å². The molecule has 162 valence electrons. The van der Waals surface area contributed by atoms with Crippen molar-refractivity contribution >= 4 is 5.91 Å². The molecule has 0 atom stereocenters. The maximum Gasteiger partial charge on any atom is 0.224 e. The number of ether oxygens (including phenoxy) is 1. The highest BCUT2D eigenvalue weighted by molar-refractivity contribution is 5.80. The number of hydrogen-bond donors (Lipinski definition) is 1. The minimum Gasteiger partial charge on any atom is -0.496 e. The Hall–Kier alpha value is -4.00. The first kappa shape index (κ1) is 21.2. The van der Waals surface area contributed by atoms with Gasteiger partial charge in [0.1, 0.15) is 17.3 Å². The number of nitrogens with one attached hydrogen (secondary N) is 1. The molecule has 0 fully saturated rings. The van der Waals surface area contributed by atoms with Crippen LogP contribution in [-0.4, -0.2) is 34.3 Å². The number of nitrogens with zero attached hydrogens (tertiary/aromatic N) is 3. The molecule has 32 heavy (non-hydrogen) atoms. The smallest absolute Gasteiger partial charge is 0.224 e. The lowest BCUT2D eigenvalue weighted by Gasteiger charge is -2.09. The SMILES string of the molecule is COc1ccccc1CC(=O)NCCn1cc(-c2ccncc2)c(-c2ccc(F)cc2)n1. The molecule has 0 saturated heterocycles. The molecule has 2 heterocycles. The molecule has 0 aliphatic heterocycles. The number of rotatable bonds is 8. The van der Waals surface area contributed by atoms with Gasteiger partial charge in [-0.2, -0.15) is 5.10 Å². The summed E-state index contributed by atoms with van der Waals surface area (Å²) >= 11 is 0. The first-order valence-electron chi connectivity index (χ1n) is 10.3. The number of benzene rings is 2. The van der Waals surface area contributed by atoms with Gasteiger partial charge in [0.25, 0.3) is 0 Å². The predicted octanol–water partition coefficient (Wildman–Crippen LogP) is 4.12. The van der Waals surface area contributed by atoms with Gasteiger partial charge in [0, 0.05) is 41.8 Å². The van der Waals surface area contributed by atoms with E-state index in [0.717, 1.165) is 27.9 Å². The first-order valence-corrected chi connectivity index (χ1v) is 10.3. The fourth-order valence-electron chi connectivity index (χ4n) is 3.49. The molecule has 0 radical (unpaired) electrons. The van der Waals surface area contributed by atoms with Crippen LogP contribution in [0.3, 0.4) is 0 Å². The summed E-state index contributed by atoms with van der Waals surface area (Å²) in [5.74, 6) is 0.312. The molecule has 4 aromatic rings. The van der Waals surface area contributed by atoms with E-state index in [1.54, 1.807) is 36.3 Å². The minimum atomic E-state index is -0.295. The Kier molecular flexibility index (Phi) is 6.55. The molecule has 0 saturated carbocycles. The van der Waals surface area contributed by atoms with Crippen LogP contribution >= 0.6 is 0 Å². The van der Waals surface area contributed by atoms with Gasteiger partial charge >= 0.3 is 0 Å². The van der Waals surface area contributed by atoms with Gasteiger partial charge in [0.2, 0.25) is 5.91 Å². The fraction of sp³-hybridized carbons (Fsp3) is 0.160. The number of halogens is 1. The van der Waals surface area contributed by atoms with Crippen molar-refractivity contribution in [1.29, 1.82) is 0 Å². The van der Waals surface area contributed by atoms with Gasteiger partial charge in [-0.15, -0.1) is 0 Å². The van der Waals surface area contributed by atoms with Crippen molar-refractivity contribution < 1.29 is 13.9 Å². The summed E-state index contributed by atoms with van der Waals surface area (Å²) in [5.41, 5.74) is 4.28. The molecule has 0 aliphatic carbocycles. The second-order valence-electron chi connectivity index (χ2n) is 7.24. The largest absolute Gasteiger partial charge is 0.496 e. The molecule has 0 aliphatic rings. The normalized spacial score (nSPS) is 10.7. The first-order chi connectivity index (χ1) is 15.6. The van der Waals surface area contributed by atoms with Crippen LogP contribution in [0.2, 0.25) is 0 Å². The molecule has 0 bridgehead atoms. The summed E-state index contributed by atoms with van der Waals surface area (Å²) in [6, 6.07) is 17.5. The zero-order chi connectivity index (χ0) is 22.3. The average Bonchev–Trinajstić information content (AvgIpc) is 3.24. The highest BCUT2D eigenvalue weighted by Gasteiger charge is 2.14. The van der Waals surface area contributed by atoms with Crippen LogP contribution in [0.1, 0.15) is 5.56 Å². The minimum absolute atomic E-state index is 0.0882. The molecule has 0 spiro atoms. The van der Waals surface area contributed by atoms with E-state index in [2.05, 4.69) is 10.3 Å². The standard InChI is InChI=1S/C25H23FN4O2/c1-32-23-5-3-2-4-20(23)16-24(31)28-14-15-30-17-22(18-10-12-27-13-11-18)25(29-30)19-6-8-21(26)9-7-19/h2-13,17H,14-16H2,1H3,(H,28,31). The monoisotopic (exact) mass is 430 g/mol. The third-order valence-corrected chi connectivity index (χ3v) is 5.08. The summed E-state index contributed by atoms with van der Waals surface area (Å²) in [6.07, 6.45) is 5.62. The summed E-state index contributed by atoms with van der Waals surface area (Å²) in [7, 11) is 1.59. The van der Waals surface area contributed by atoms with Crippen LogP contribution < -0.4 is 10.1 Å². The molecular formula is C25H23FN4O2. The molecule has 7 heteroatoms. The van der Waals surface area contributed by atoms with Crippen molar-refractivity contribution in [3.8, 4) is 28.1 Å². The van der Waals surface area contributed by atoms with Gasteiger partial charge in [-0.25, -0.2) is 4.39 Å². The summed E-state index contributed by atoms with van der Waals surface area (Å²) in [5, 5.41) is 7.63. The van der Waals surface area contributed by atoms with Gasteiger partial charge in [-0.3, -0.25) is 14.5 Å². The number of methoxy groups -OCH3 is 1. The van der Waals surface area contributed by atoms with E-state index >= 15 is 0 Å². The average molecular weight is 430 g/mol. The van der Waals surface area contributed by atoms with Gasteiger partial charge in [0.15, 0.2) is 0 Å². The highest BCUT2D eigenvalue weighted by atomic mass is 19.1. The van der Waals surface area contributed by atoms with Crippen molar-refractivity contribution in [2.45, 2.75) is 13.0 Å². The second kappa shape index (κ2) is 9.87. The van der Waals surface area contributed by atoms with E-state index in [0.29, 0.717) is 18.8 Å². The maximum absolute atomic E-state index is 13.4. The molecule has 6 nitrogen and oxygen atoms in total. The van der Waals surface area contributed by atoms with Crippen LogP contribution in [0.5, 0.6) is 5.75 Å². The number of pyridine rings is 1. The molecule has 0 unspecified atom stereocenters. The quantitative estimate of drug-likeness (QED) is 0.457. The highest BCUT2D eigenvalue weighted by Crippen LogP contribution is 2.30. The van der Waals surface area contributed by atoms with Gasteiger partial charge in [-0.1, -0.05) is 18.2 Å². The third-order valence-electron chi connectivity index (χ3n) is 5.08. The van der Waals surface area contributed by atoms with Crippen LogP contribution in [-0.2, 0) is 17.8 Å². The van der Waals surface area contributed by atoms with Crippen molar-refractivity contribution in [2.24, 2.45) is 0 Å². The van der Waals surface area contributed by atoms with Crippen LogP contribution in [0.25, 0.3) is 22.4 Å². The number of para-hydroxylation sites is 1. The molecule has 2 aromatic carbocycles. The van der Waals surface area contributed by atoms with Crippen molar-refractivity contribution in [3.05, 3.63) is 90.6 Å². The molecule has 1 amide bonds. The lowest BCUT2D eigenvalue weighted by atomic mass is 10.0. The van der Waals surface area contributed by atoms with Crippen LogP contribution in [0.15, 0.2) is 79.3 Å². The molecular weight excluding hydrogens is 407 g/mol. The summed E-state index contributed by atoms with van der Waals surface area (Å²) in [4.78, 5) is 16.5. The zero-order valence-corrected chi connectivity index (χ0v) is 17.7. The molecule has 2 aromatic heterocycles. The van der Waals surface area contributed by atoms with E-state index in [1.165, 1.54) is 12.1 Å². The number of hydrogen-bond acceptors (Lipinski definition) is 4. The Balaban J connectivity index is 1.47. The van der Waals surface area contributed by atoms with Crippen LogP contribution in [0.4, 0.5) is 4.39 Å². The van der Waals surface area contributed by atoms with E-state index < -0.39 is 0 Å². The van der Waals surface area contributed by atoms with Crippen molar-refractivity contribution in [3.63, 3.8) is 0 Å². The van der Waals surface area contributed by atoms with E-state index in [1.807, 2.05) is 42.6 Å². The molecule has 1 N–H and O–H groups in total. The van der Waals surface area contributed by atoms with E-state index in [9.17, 15) is 9.18 Å². The number of carbonyl (C=O) groups excluding carboxylic acids is 1. The van der Waals surface area contributed by atoms with Crippen molar-refractivity contribution in [1.82, 2.24) is 20.1 Å². The Morgan fingerprint density at radius 2 is 1.78 bits per heavy atom. The van der Waals surface area contributed by atoms with Crippen molar-refractivity contribution in [2.75, 3.05) is 13.7 Å². The maximum atomic E-state index is 13.4. The third kappa shape index (κ3) is 5.00. The predicted molar refractivity (Wildman–Crippen MR) is 121 cm³/mol. The Labute approximate surface area is 185 Å². The van der Waals surface area contributed by atoms with E-state index in [-0.39, 0.29) is 18.1 Å². The summed E-state index contributed by atoms with van der Waals surface area (Å²) in [6.45, 7) is 0.922. The fourth-order valence-corrected chi connectivity index (χ4v) is 3.49. The van der Waals surface area contributed by atoms with E-state index in [4.69, 9.17) is 9.84 Å². The zero-order valence-electron chi connectivity index (χ0n) is 17.7. The lowest BCUT2D eigenvalue weighted by Crippen LogP contribution is -2.28. The second-order valence-corrected chi connectivity index (χ2v) is 7.24. The Bertz CT molecular complexity index is 1190. The van der Waals surface area contributed by atoms with Gasteiger partial charge < -0.3 is 10.1 Å². The number of aromatic nitrogens is 3. The molecule has 4 rings (SSSR count). The number of carbonyl (C=O) groups is 1. The summed E-state index contributed by atoms with van der Waals surface area (Å²) < 4.78 is 20.5. The Morgan fingerprint density at radius 3 is 2.53 bits per heavy atom. The van der Waals surface area contributed by atoms with Crippen LogP contribution in [0, 0.1) is 5.82 Å².